The average molecular weight is 310 g/mol. The van der Waals surface area contributed by atoms with E-state index in [2.05, 4.69) is 21.2 Å². The highest BCUT2D eigenvalue weighted by Gasteiger charge is 2.31. The molecule has 0 fully saturated rings. The van der Waals surface area contributed by atoms with Crippen molar-refractivity contribution in [2.45, 2.75) is 38.9 Å². The number of halogens is 4. The molecule has 5 heteroatoms. The number of benzene rings is 1. The SMILES string of the molecule is CCC(CC)Nc1cc(C(F)(F)F)ccc1Br. The molecular weight excluding hydrogens is 295 g/mol. The van der Waals surface area contributed by atoms with Gasteiger partial charge in [0.25, 0.3) is 0 Å². The predicted molar refractivity (Wildman–Crippen MR) is 67.1 cm³/mol. The van der Waals surface area contributed by atoms with Gasteiger partial charge in [-0.05, 0) is 47.0 Å². The summed E-state index contributed by atoms with van der Waals surface area (Å²) < 4.78 is 38.3. The molecule has 96 valence electrons. The van der Waals surface area contributed by atoms with Gasteiger partial charge < -0.3 is 5.32 Å². The van der Waals surface area contributed by atoms with Gasteiger partial charge in [0.05, 0.1) is 5.56 Å². The Hall–Kier alpha value is -0.710. The van der Waals surface area contributed by atoms with Gasteiger partial charge in [-0.3, -0.25) is 0 Å². The highest BCUT2D eigenvalue weighted by Crippen LogP contribution is 2.34. The molecule has 1 aromatic rings. The highest BCUT2D eigenvalue weighted by molar-refractivity contribution is 9.10. The maximum Gasteiger partial charge on any atom is 0.416 e. The van der Waals surface area contributed by atoms with Gasteiger partial charge in [0.1, 0.15) is 0 Å². The van der Waals surface area contributed by atoms with Crippen LogP contribution in [0.4, 0.5) is 18.9 Å². The van der Waals surface area contributed by atoms with E-state index < -0.39 is 11.7 Å². The van der Waals surface area contributed by atoms with E-state index in [-0.39, 0.29) is 6.04 Å². The number of hydrogen-bond acceptors (Lipinski definition) is 1. The van der Waals surface area contributed by atoms with Gasteiger partial charge in [0, 0.05) is 16.2 Å². The molecule has 0 aromatic heterocycles. The highest BCUT2D eigenvalue weighted by atomic mass is 79.9. The zero-order valence-corrected chi connectivity index (χ0v) is 11.3. The van der Waals surface area contributed by atoms with E-state index >= 15 is 0 Å². The Morgan fingerprint density at radius 3 is 2.29 bits per heavy atom. The zero-order valence-electron chi connectivity index (χ0n) is 9.74. The lowest BCUT2D eigenvalue weighted by Gasteiger charge is -2.18. The van der Waals surface area contributed by atoms with E-state index in [4.69, 9.17) is 0 Å². The standard InChI is InChI=1S/C12H15BrF3N/c1-3-9(4-2)17-11-7-8(12(14,15)16)5-6-10(11)13/h5-7,9,17H,3-4H2,1-2H3. The lowest BCUT2D eigenvalue weighted by atomic mass is 10.1. The van der Waals surface area contributed by atoms with Crippen LogP contribution >= 0.6 is 15.9 Å². The van der Waals surface area contributed by atoms with Crippen LogP contribution in [0.2, 0.25) is 0 Å². The van der Waals surface area contributed by atoms with E-state index in [9.17, 15) is 13.2 Å². The minimum Gasteiger partial charge on any atom is -0.381 e. The predicted octanol–water partition coefficient (Wildman–Crippen LogP) is 5.07. The summed E-state index contributed by atoms with van der Waals surface area (Å²) in [6.07, 6.45) is -2.55. The molecule has 0 unspecified atom stereocenters. The average Bonchev–Trinajstić information content (AvgIpc) is 2.26. The summed E-state index contributed by atoms with van der Waals surface area (Å²) in [6.45, 7) is 4.01. The molecule has 0 radical (unpaired) electrons. The molecule has 0 saturated heterocycles. The minimum absolute atomic E-state index is 0.190. The first-order valence-corrected chi connectivity index (χ1v) is 6.31. The summed E-state index contributed by atoms with van der Waals surface area (Å²) in [6, 6.07) is 3.83. The van der Waals surface area contributed by atoms with E-state index in [1.807, 2.05) is 13.8 Å². The number of anilines is 1. The Balaban J connectivity index is 2.98. The molecule has 0 aliphatic carbocycles. The summed E-state index contributed by atoms with van der Waals surface area (Å²) in [5.41, 5.74) is -0.136. The van der Waals surface area contributed by atoms with Crippen molar-refractivity contribution in [2.24, 2.45) is 0 Å². The van der Waals surface area contributed by atoms with E-state index in [0.29, 0.717) is 10.2 Å². The molecular formula is C12H15BrF3N. The summed E-state index contributed by atoms with van der Waals surface area (Å²) in [4.78, 5) is 0. The summed E-state index contributed by atoms with van der Waals surface area (Å²) >= 11 is 3.25. The lowest BCUT2D eigenvalue weighted by Crippen LogP contribution is -2.18. The van der Waals surface area contributed by atoms with Crippen LogP contribution in [0, 0.1) is 0 Å². The molecule has 17 heavy (non-hydrogen) atoms. The first-order chi connectivity index (χ1) is 7.88. The molecule has 1 nitrogen and oxygen atoms in total. The smallest absolute Gasteiger partial charge is 0.381 e. The maximum absolute atomic E-state index is 12.6. The van der Waals surface area contributed by atoms with Gasteiger partial charge in [-0.25, -0.2) is 0 Å². The van der Waals surface area contributed by atoms with E-state index in [0.717, 1.165) is 25.0 Å². The Labute approximate surface area is 108 Å². The van der Waals surface area contributed by atoms with Gasteiger partial charge in [0.15, 0.2) is 0 Å². The van der Waals surface area contributed by atoms with Crippen molar-refractivity contribution in [2.75, 3.05) is 5.32 Å². The van der Waals surface area contributed by atoms with Crippen LogP contribution in [0.5, 0.6) is 0 Å². The van der Waals surface area contributed by atoms with Crippen molar-refractivity contribution in [3.63, 3.8) is 0 Å². The Morgan fingerprint density at radius 2 is 1.82 bits per heavy atom. The number of rotatable bonds is 4. The van der Waals surface area contributed by atoms with Crippen LogP contribution in [-0.2, 0) is 6.18 Å². The van der Waals surface area contributed by atoms with Crippen LogP contribution in [0.1, 0.15) is 32.3 Å². The Morgan fingerprint density at radius 1 is 1.24 bits per heavy atom. The van der Waals surface area contributed by atoms with Crippen LogP contribution < -0.4 is 5.32 Å². The monoisotopic (exact) mass is 309 g/mol. The quantitative estimate of drug-likeness (QED) is 0.819. The van der Waals surface area contributed by atoms with Crippen molar-refractivity contribution in [3.8, 4) is 0 Å². The van der Waals surface area contributed by atoms with E-state index in [1.165, 1.54) is 6.07 Å². The third-order valence-electron chi connectivity index (χ3n) is 2.64. The van der Waals surface area contributed by atoms with Gasteiger partial charge in [-0.1, -0.05) is 13.8 Å². The van der Waals surface area contributed by atoms with Crippen molar-refractivity contribution in [1.29, 1.82) is 0 Å². The number of hydrogen-bond donors (Lipinski definition) is 1. The van der Waals surface area contributed by atoms with Crippen LogP contribution in [0.3, 0.4) is 0 Å². The third kappa shape index (κ3) is 3.91. The van der Waals surface area contributed by atoms with Gasteiger partial charge in [-0.15, -0.1) is 0 Å². The summed E-state index contributed by atoms with van der Waals surface area (Å²) in [5.74, 6) is 0. The fraction of sp³-hybridized carbons (Fsp3) is 0.500. The van der Waals surface area contributed by atoms with Crippen molar-refractivity contribution >= 4 is 21.6 Å². The molecule has 0 saturated carbocycles. The molecule has 0 spiro atoms. The summed E-state index contributed by atoms with van der Waals surface area (Å²) in [7, 11) is 0. The van der Waals surface area contributed by atoms with Gasteiger partial charge in [0.2, 0.25) is 0 Å². The number of nitrogens with one attached hydrogen (secondary N) is 1. The molecule has 0 aliphatic rings. The molecule has 0 amide bonds. The first-order valence-electron chi connectivity index (χ1n) is 5.51. The van der Waals surface area contributed by atoms with Crippen LogP contribution in [0.25, 0.3) is 0 Å². The maximum atomic E-state index is 12.6. The first kappa shape index (κ1) is 14.4. The minimum atomic E-state index is -4.30. The molecule has 0 heterocycles. The second-order valence-corrected chi connectivity index (χ2v) is 4.70. The second-order valence-electron chi connectivity index (χ2n) is 3.85. The van der Waals surface area contributed by atoms with Gasteiger partial charge >= 0.3 is 6.18 Å². The van der Waals surface area contributed by atoms with E-state index in [1.54, 1.807) is 0 Å². The third-order valence-corrected chi connectivity index (χ3v) is 3.33. The van der Waals surface area contributed by atoms with Crippen LogP contribution in [0.15, 0.2) is 22.7 Å². The second kappa shape index (κ2) is 5.76. The largest absolute Gasteiger partial charge is 0.416 e. The Bertz CT molecular complexity index is 373. The van der Waals surface area contributed by atoms with Crippen molar-refractivity contribution < 1.29 is 13.2 Å². The fourth-order valence-electron chi connectivity index (χ4n) is 1.52. The molecule has 1 N–H and O–H groups in total. The van der Waals surface area contributed by atoms with Gasteiger partial charge in [-0.2, -0.15) is 13.2 Å². The molecule has 1 rings (SSSR count). The molecule has 0 aliphatic heterocycles. The molecule has 0 atom stereocenters. The topological polar surface area (TPSA) is 12.0 Å². The van der Waals surface area contributed by atoms with Crippen LogP contribution in [-0.4, -0.2) is 6.04 Å². The van der Waals surface area contributed by atoms with Crippen molar-refractivity contribution in [3.05, 3.63) is 28.2 Å². The zero-order chi connectivity index (χ0) is 13.1. The fourth-order valence-corrected chi connectivity index (χ4v) is 1.89. The number of alkyl halides is 3. The normalized spacial score (nSPS) is 11.9. The summed E-state index contributed by atoms with van der Waals surface area (Å²) in [5, 5.41) is 3.11. The molecule has 0 bridgehead atoms. The lowest BCUT2D eigenvalue weighted by molar-refractivity contribution is -0.137. The Kier molecular flexibility index (Phi) is 4.86. The van der Waals surface area contributed by atoms with Crippen molar-refractivity contribution in [1.82, 2.24) is 0 Å². The molecule has 1 aromatic carbocycles.